The average Bonchev–Trinajstić information content (AvgIpc) is 3.71. The van der Waals surface area contributed by atoms with Crippen molar-refractivity contribution in [1.29, 1.82) is 0 Å². The van der Waals surface area contributed by atoms with Crippen molar-refractivity contribution in [3.05, 3.63) is 126 Å². The molecule has 4 N–H and O–H groups in total. The van der Waals surface area contributed by atoms with Crippen molar-refractivity contribution >= 4 is 130 Å². The number of rotatable bonds is 4. The maximum Gasteiger partial charge on any atom is 1.00 e. The van der Waals surface area contributed by atoms with Crippen LogP contribution in [0.3, 0.4) is 0 Å². The summed E-state index contributed by atoms with van der Waals surface area (Å²) >= 11 is 3.11. The van der Waals surface area contributed by atoms with Crippen LogP contribution in [-0.2, 0) is 30.1 Å². The summed E-state index contributed by atoms with van der Waals surface area (Å²) in [6.45, 7) is -0.181. The first kappa shape index (κ1) is 65.9. The minimum absolute atomic E-state index is 0. The van der Waals surface area contributed by atoms with Gasteiger partial charge < -0.3 is 31.6 Å². The van der Waals surface area contributed by atoms with Gasteiger partial charge in [0.05, 0.1) is 4.47 Å². The number of carbonyl (C=O) groups is 1. The minimum atomic E-state index is -1.34. The van der Waals surface area contributed by atoms with Crippen molar-refractivity contribution in [3.8, 4) is 11.1 Å². The summed E-state index contributed by atoms with van der Waals surface area (Å²) in [6, 6.07) is 28.6. The second kappa shape index (κ2) is 39.9. The average molecular weight is 1060 g/mol. The number of hydrogen-bond acceptors (Lipinski definition) is 5. The van der Waals surface area contributed by atoms with Gasteiger partial charge in [0.1, 0.15) is 11.6 Å². The number of benzene rings is 4. The third-order valence-corrected chi connectivity index (χ3v) is 12.8. The summed E-state index contributed by atoms with van der Waals surface area (Å²) in [4.78, 5) is 17.3. The molecule has 4 aromatic carbocycles. The predicted molar refractivity (Wildman–Crippen MR) is 235 cm³/mol. The molecule has 0 aliphatic heterocycles. The topological polar surface area (TPSA) is 121 Å². The maximum atomic E-state index is 13.9. The molecule has 6 aromatic rings. The Hall–Kier alpha value is 3.09. The fraction of sp³-hybridized carbons (Fsp3) is 0. The normalized spacial score (nSPS) is 8.78. The van der Waals surface area contributed by atoms with E-state index in [2.05, 4.69) is 48.6 Å². The number of aromatic nitrogens is 2. The molecular weight excluding hydrogens is 1020 g/mol. The minimum Gasteiger partial charge on any atom is -1.00 e. The van der Waals surface area contributed by atoms with Crippen LogP contribution in [0.15, 0.2) is 114 Å². The first-order valence-corrected chi connectivity index (χ1v) is 20.0. The Labute approximate surface area is 428 Å². The monoisotopic (exact) mass is 1060 g/mol. The SMILES string of the molecule is Fc1cc2cc[nH]c2cc1-c1ccccc1.Fc1cc2cc[nH]c2cc1Br.O=CO[O-].OB(O)c1ccccc1.P.P.P.P.PPPP.[H-].[K+].[K+].[Pd]. The third-order valence-electron chi connectivity index (χ3n) is 5.54. The summed E-state index contributed by atoms with van der Waals surface area (Å²) in [7, 11) is 6.10. The van der Waals surface area contributed by atoms with Gasteiger partial charge in [0.25, 0.3) is 6.47 Å². The van der Waals surface area contributed by atoms with Crippen molar-refractivity contribution in [1.82, 2.24) is 9.97 Å². The van der Waals surface area contributed by atoms with E-state index in [1.165, 1.54) is 6.07 Å². The van der Waals surface area contributed by atoms with E-state index in [4.69, 9.17) is 20.1 Å². The van der Waals surface area contributed by atoms with Crippen LogP contribution in [0.25, 0.3) is 32.9 Å². The Morgan fingerprint density at radius 3 is 1.57 bits per heavy atom. The van der Waals surface area contributed by atoms with E-state index in [0.29, 0.717) is 15.5 Å². The Balaban J connectivity index is -0.000000101. The van der Waals surface area contributed by atoms with Crippen LogP contribution in [-0.4, -0.2) is 33.6 Å². The van der Waals surface area contributed by atoms with E-state index < -0.39 is 7.12 Å². The van der Waals surface area contributed by atoms with Gasteiger partial charge in [-0.05, 0) is 63.4 Å². The van der Waals surface area contributed by atoms with E-state index in [1.54, 1.807) is 42.6 Å². The van der Waals surface area contributed by atoms with Crippen LogP contribution in [0.1, 0.15) is 1.43 Å². The zero-order valence-electron chi connectivity index (χ0n) is 29.1. The quantitative estimate of drug-likeness (QED) is 0.0693. The molecule has 2 heterocycles. The van der Waals surface area contributed by atoms with Gasteiger partial charge >= 0.3 is 110 Å². The zero-order chi connectivity index (χ0) is 32.3. The zero-order valence-corrected chi connectivity index (χ0v) is 47.5. The van der Waals surface area contributed by atoms with Crippen LogP contribution in [0.4, 0.5) is 8.78 Å². The molecular formula is C29H42BBrF2K2N2O5P8Pd. The molecule has 2 aromatic heterocycles. The van der Waals surface area contributed by atoms with Gasteiger partial charge in [-0.25, -0.2) is 8.78 Å². The van der Waals surface area contributed by atoms with E-state index in [0.717, 1.165) is 43.3 Å². The number of carbonyl (C=O) groups excluding carboxylic acids is 1. The molecule has 0 fully saturated rings. The molecule has 6 rings (SSSR count). The Bertz CT molecular complexity index is 1680. The number of fused-ring (bicyclic) bond motifs is 2. The Morgan fingerprint density at radius 2 is 1.18 bits per heavy atom. The van der Waals surface area contributed by atoms with E-state index in [-0.39, 0.29) is 182 Å². The molecule has 0 aliphatic carbocycles. The molecule has 51 heavy (non-hydrogen) atoms. The van der Waals surface area contributed by atoms with Gasteiger partial charge in [0.15, 0.2) is 0 Å². The Morgan fingerprint density at radius 1 is 0.765 bits per heavy atom. The van der Waals surface area contributed by atoms with Crippen LogP contribution in [0, 0.1) is 11.6 Å². The largest absolute Gasteiger partial charge is 1.00 e. The van der Waals surface area contributed by atoms with E-state index in [1.807, 2.05) is 60.8 Å². The van der Waals surface area contributed by atoms with Crippen LogP contribution < -0.4 is 113 Å². The van der Waals surface area contributed by atoms with E-state index in [9.17, 15) is 8.78 Å². The van der Waals surface area contributed by atoms with Crippen LogP contribution in [0.2, 0.25) is 0 Å². The fourth-order valence-electron chi connectivity index (χ4n) is 3.58. The van der Waals surface area contributed by atoms with Gasteiger partial charge in [0.2, 0.25) is 0 Å². The summed E-state index contributed by atoms with van der Waals surface area (Å²) in [5, 5.41) is 27.4. The summed E-state index contributed by atoms with van der Waals surface area (Å²) in [5.41, 5.74) is 3.96. The molecule has 0 aliphatic rings. The smallest absolute Gasteiger partial charge is 1.00 e. The maximum absolute atomic E-state index is 13.9. The van der Waals surface area contributed by atoms with Crippen molar-refractivity contribution < 1.29 is 158 Å². The van der Waals surface area contributed by atoms with Crippen molar-refractivity contribution in [2.75, 3.05) is 0 Å². The van der Waals surface area contributed by atoms with E-state index >= 15 is 0 Å². The third kappa shape index (κ3) is 25.9. The summed E-state index contributed by atoms with van der Waals surface area (Å²) in [5.74, 6) is -0.407. The molecule has 274 valence electrons. The number of nitrogens with one attached hydrogen (secondary N) is 2. The molecule has 22 heteroatoms. The van der Waals surface area contributed by atoms with Gasteiger partial charge in [-0.2, -0.15) is 39.6 Å². The number of hydrogen-bond donors (Lipinski definition) is 4. The van der Waals surface area contributed by atoms with Gasteiger partial charge in [0, 0.05) is 60.2 Å². The Kier molecular flexibility index (Phi) is 51.6. The van der Waals surface area contributed by atoms with Gasteiger partial charge in [-0.3, -0.25) is 4.79 Å². The summed E-state index contributed by atoms with van der Waals surface area (Å²) < 4.78 is 27.2. The fourth-order valence-corrected chi connectivity index (χ4v) is 3.93. The first-order chi connectivity index (χ1) is 21.2. The summed E-state index contributed by atoms with van der Waals surface area (Å²) in [6.07, 6.45) is 3.61. The number of aromatic amines is 2. The second-order valence-corrected chi connectivity index (χ2v) is 16.7. The van der Waals surface area contributed by atoms with Gasteiger partial charge in [-0.15, -0.1) is 17.9 Å². The molecule has 0 amide bonds. The molecule has 8 unspecified atom stereocenters. The van der Waals surface area contributed by atoms with Crippen LogP contribution >= 0.6 is 89.3 Å². The first-order valence-electron chi connectivity index (χ1n) is 12.5. The number of H-pyrrole nitrogens is 2. The van der Waals surface area contributed by atoms with Gasteiger partial charge in [-0.1, -0.05) is 76.6 Å². The molecule has 0 saturated carbocycles. The second-order valence-electron chi connectivity index (χ2n) is 8.36. The molecule has 0 saturated heterocycles. The standard InChI is InChI=1S/C14H10FN.C8H5BrFN.C6H7BO2.CH2O3.2K.H6P4.4H3P.Pd.H/c15-13-8-11-6-7-16-14(11)9-12(13)10-4-2-1-3-5-10;9-6-4-8-5(1-2-11-8)3-7(6)10;8-7(9)6-4-2-1-3-5-6;2-1-4-3;;;1-3-4-2;;;;;;/h1-9,16H;1-4,11H;1-5,8-9H;1,3H;;;3-4H,1-2H2;4*1H3;;/q;;;;2*+1;;;;;;;-1/p-1. The predicted octanol–water partition coefficient (Wildman–Crippen LogP) is 1.03. The van der Waals surface area contributed by atoms with Crippen molar-refractivity contribution in [2.24, 2.45) is 0 Å². The molecule has 7 nitrogen and oxygen atoms in total. The molecule has 0 spiro atoms. The molecule has 8 atom stereocenters. The molecule has 0 bridgehead atoms. The molecule has 0 radical (unpaired) electrons. The van der Waals surface area contributed by atoms with Crippen LogP contribution in [0.5, 0.6) is 0 Å². The van der Waals surface area contributed by atoms with Crippen molar-refractivity contribution in [2.45, 2.75) is 0 Å². The van der Waals surface area contributed by atoms with Crippen molar-refractivity contribution in [3.63, 3.8) is 0 Å². The number of halogens is 3.